The molecule has 1 aromatic carbocycles. The lowest BCUT2D eigenvalue weighted by Gasteiger charge is -2.18. The van der Waals surface area contributed by atoms with E-state index in [1.165, 1.54) is 11.3 Å². The molecule has 0 saturated carbocycles. The molecule has 1 fully saturated rings. The molecule has 6 nitrogen and oxygen atoms in total. The standard InChI is InChI=1S/C21H23N3O3S2/c1-13-4-3-5-14(10-13)17-12-24(2)21(25)16-11-18(28-19(16)17)20(22)23-15-6-8-29(26,27)9-7-15/h3-5,10-12,15H,6-9H2,1-2H3,(H2,22,23). The third-order valence-electron chi connectivity index (χ3n) is 5.28. The number of rotatable bonds is 3. The van der Waals surface area contributed by atoms with Gasteiger partial charge in [0.2, 0.25) is 0 Å². The third kappa shape index (κ3) is 4.00. The molecular formula is C21H23N3O3S2. The maximum atomic E-state index is 12.7. The molecule has 2 aromatic heterocycles. The van der Waals surface area contributed by atoms with Crippen molar-refractivity contribution in [3.8, 4) is 11.1 Å². The van der Waals surface area contributed by atoms with Gasteiger partial charge in [-0.15, -0.1) is 11.3 Å². The molecular weight excluding hydrogens is 406 g/mol. The fraction of sp³-hybridized carbons (Fsp3) is 0.333. The summed E-state index contributed by atoms with van der Waals surface area (Å²) in [6.07, 6.45) is 2.84. The van der Waals surface area contributed by atoms with Crippen LogP contribution >= 0.6 is 11.3 Å². The number of aromatic nitrogens is 1. The predicted octanol–water partition coefficient (Wildman–Crippen LogP) is 2.86. The van der Waals surface area contributed by atoms with E-state index >= 15 is 0 Å². The Morgan fingerprint density at radius 3 is 2.66 bits per heavy atom. The van der Waals surface area contributed by atoms with Crippen LogP contribution in [0.1, 0.15) is 23.3 Å². The van der Waals surface area contributed by atoms with Crippen molar-refractivity contribution in [2.75, 3.05) is 11.5 Å². The van der Waals surface area contributed by atoms with Gasteiger partial charge in [-0.05, 0) is 31.4 Å². The molecule has 0 radical (unpaired) electrons. The van der Waals surface area contributed by atoms with Crippen LogP contribution in [0.5, 0.6) is 0 Å². The van der Waals surface area contributed by atoms with Crippen LogP contribution in [0.15, 0.2) is 46.3 Å². The average Bonchev–Trinajstić information content (AvgIpc) is 3.12. The van der Waals surface area contributed by atoms with Gasteiger partial charge in [-0.2, -0.15) is 0 Å². The molecule has 0 aliphatic carbocycles. The summed E-state index contributed by atoms with van der Waals surface area (Å²) in [5.74, 6) is 0.672. The minimum absolute atomic E-state index is 0.0736. The van der Waals surface area contributed by atoms with Crippen LogP contribution in [-0.4, -0.2) is 36.4 Å². The summed E-state index contributed by atoms with van der Waals surface area (Å²) in [5, 5.41) is 0.621. The molecule has 8 heteroatoms. The summed E-state index contributed by atoms with van der Waals surface area (Å²) >= 11 is 1.46. The van der Waals surface area contributed by atoms with Crippen LogP contribution in [0.3, 0.4) is 0 Å². The van der Waals surface area contributed by atoms with E-state index in [1.54, 1.807) is 17.7 Å². The van der Waals surface area contributed by atoms with Gasteiger partial charge in [-0.1, -0.05) is 29.8 Å². The van der Waals surface area contributed by atoms with Crippen molar-refractivity contribution in [2.24, 2.45) is 17.8 Å². The molecule has 152 valence electrons. The largest absolute Gasteiger partial charge is 0.383 e. The van der Waals surface area contributed by atoms with Crippen LogP contribution in [0, 0.1) is 6.92 Å². The number of aliphatic imine (C=N–C) groups is 1. The zero-order valence-electron chi connectivity index (χ0n) is 16.4. The topological polar surface area (TPSA) is 94.5 Å². The summed E-state index contributed by atoms with van der Waals surface area (Å²) in [5.41, 5.74) is 9.37. The van der Waals surface area contributed by atoms with Crippen LogP contribution in [0.2, 0.25) is 0 Å². The van der Waals surface area contributed by atoms with E-state index in [-0.39, 0.29) is 23.1 Å². The fourth-order valence-electron chi connectivity index (χ4n) is 3.66. The monoisotopic (exact) mass is 429 g/mol. The third-order valence-corrected chi connectivity index (χ3v) is 8.18. The molecule has 4 rings (SSSR count). The number of aryl methyl sites for hydroxylation is 2. The molecule has 0 amide bonds. The van der Waals surface area contributed by atoms with Gasteiger partial charge in [0.05, 0.1) is 27.8 Å². The van der Waals surface area contributed by atoms with Gasteiger partial charge in [-0.25, -0.2) is 8.42 Å². The molecule has 0 unspecified atom stereocenters. The first-order valence-corrected chi connectivity index (χ1v) is 12.1. The Morgan fingerprint density at radius 1 is 1.24 bits per heavy atom. The predicted molar refractivity (Wildman–Crippen MR) is 120 cm³/mol. The van der Waals surface area contributed by atoms with E-state index in [2.05, 4.69) is 11.1 Å². The zero-order valence-corrected chi connectivity index (χ0v) is 18.0. The lowest BCUT2D eigenvalue weighted by molar-refractivity contribution is 0.548. The van der Waals surface area contributed by atoms with Gasteiger partial charge in [0, 0.05) is 23.5 Å². The van der Waals surface area contributed by atoms with Crippen LogP contribution in [0.25, 0.3) is 21.2 Å². The second-order valence-corrected chi connectivity index (χ2v) is 10.9. The summed E-state index contributed by atoms with van der Waals surface area (Å²) in [4.78, 5) is 18.0. The zero-order chi connectivity index (χ0) is 20.8. The molecule has 29 heavy (non-hydrogen) atoms. The molecule has 3 heterocycles. The molecule has 0 spiro atoms. The Bertz CT molecular complexity index is 1270. The number of benzene rings is 1. The van der Waals surface area contributed by atoms with Crippen molar-refractivity contribution in [3.63, 3.8) is 0 Å². The summed E-state index contributed by atoms with van der Waals surface area (Å²) in [7, 11) is -1.19. The highest BCUT2D eigenvalue weighted by Gasteiger charge is 2.24. The van der Waals surface area contributed by atoms with Gasteiger partial charge in [-0.3, -0.25) is 9.79 Å². The number of sulfone groups is 1. The number of thiophene rings is 1. The summed E-state index contributed by atoms with van der Waals surface area (Å²) in [6, 6.07) is 9.88. The number of nitrogens with two attached hydrogens (primary N) is 1. The lowest BCUT2D eigenvalue weighted by Crippen LogP contribution is -2.27. The minimum Gasteiger partial charge on any atom is -0.383 e. The Labute approximate surface area is 173 Å². The van der Waals surface area contributed by atoms with Crippen molar-refractivity contribution in [3.05, 3.63) is 57.3 Å². The SMILES string of the molecule is Cc1cccc(-c2cn(C)c(=O)c3cc(C(N)=NC4CCS(=O)(=O)CC4)sc23)c1. The first-order chi connectivity index (χ1) is 13.7. The second-order valence-electron chi connectivity index (χ2n) is 7.58. The van der Waals surface area contributed by atoms with E-state index < -0.39 is 9.84 Å². The molecule has 1 saturated heterocycles. The average molecular weight is 430 g/mol. The van der Waals surface area contributed by atoms with Crippen molar-refractivity contribution < 1.29 is 8.42 Å². The van der Waals surface area contributed by atoms with Crippen LogP contribution < -0.4 is 11.3 Å². The van der Waals surface area contributed by atoms with E-state index in [4.69, 9.17) is 5.73 Å². The van der Waals surface area contributed by atoms with E-state index in [9.17, 15) is 13.2 Å². The Balaban J connectivity index is 1.78. The van der Waals surface area contributed by atoms with Crippen molar-refractivity contribution in [1.29, 1.82) is 0 Å². The number of nitrogens with zero attached hydrogens (tertiary/aromatic N) is 2. The first kappa shape index (κ1) is 19.8. The first-order valence-electron chi connectivity index (χ1n) is 9.48. The van der Waals surface area contributed by atoms with Gasteiger partial charge in [0.25, 0.3) is 5.56 Å². The maximum Gasteiger partial charge on any atom is 0.259 e. The number of fused-ring (bicyclic) bond motifs is 1. The number of amidine groups is 1. The van der Waals surface area contributed by atoms with E-state index in [0.717, 1.165) is 26.3 Å². The van der Waals surface area contributed by atoms with Gasteiger partial charge in [0.1, 0.15) is 15.7 Å². The second kappa shape index (κ2) is 7.42. The van der Waals surface area contributed by atoms with E-state index in [1.807, 2.05) is 31.3 Å². The molecule has 0 bridgehead atoms. The van der Waals surface area contributed by atoms with E-state index in [0.29, 0.717) is 24.1 Å². The van der Waals surface area contributed by atoms with Gasteiger partial charge < -0.3 is 10.3 Å². The van der Waals surface area contributed by atoms with Crippen molar-refractivity contribution in [2.45, 2.75) is 25.8 Å². The Hall–Kier alpha value is -2.45. The number of pyridine rings is 1. The Kier molecular flexibility index (Phi) is 5.08. The summed E-state index contributed by atoms with van der Waals surface area (Å²) < 4.78 is 25.7. The van der Waals surface area contributed by atoms with Crippen molar-refractivity contribution >= 4 is 37.1 Å². The number of hydrogen-bond acceptors (Lipinski definition) is 5. The lowest BCUT2D eigenvalue weighted by atomic mass is 10.0. The molecule has 1 aliphatic rings. The van der Waals surface area contributed by atoms with Gasteiger partial charge >= 0.3 is 0 Å². The molecule has 3 aromatic rings. The highest BCUT2D eigenvalue weighted by molar-refractivity contribution is 7.91. The minimum atomic E-state index is -2.94. The van der Waals surface area contributed by atoms with Crippen LogP contribution in [-0.2, 0) is 16.9 Å². The van der Waals surface area contributed by atoms with Crippen molar-refractivity contribution in [1.82, 2.24) is 4.57 Å². The quantitative estimate of drug-likeness (QED) is 0.512. The molecule has 2 N–H and O–H groups in total. The molecule has 0 atom stereocenters. The Morgan fingerprint density at radius 2 is 1.97 bits per heavy atom. The van der Waals surface area contributed by atoms with Crippen LogP contribution in [0.4, 0.5) is 0 Å². The normalized spacial score (nSPS) is 17.7. The highest BCUT2D eigenvalue weighted by atomic mass is 32.2. The fourth-order valence-corrected chi connectivity index (χ4v) is 6.22. The maximum absolute atomic E-state index is 12.7. The highest BCUT2D eigenvalue weighted by Crippen LogP contribution is 2.33. The molecule has 1 aliphatic heterocycles. The summed E-state index contributed by atoms with van der Waals surface area (Å²) in [6.45, 7) is 2.04. The van der Waals surface area contributed by atoms with Gasteiger partial charge in [0.15, 0.2) is 0 Å². The smallest absolute Gasteiger partial charge is 0.259 e. The number of hydrogen-bond donors (Lipinski definition) is 1.